The zero-order chi connectivity index (χ0) is 21.1. The normalized spacial score (nSPS) is 13.9. The van der Waals surface area contributed by atoms with Gasteiger partial charge in [-0.15, -0.1) is 11.3 Å². The van der Waals surface area contributed by atoms with Gasteiger partial charge in [-0.2, -0.15) is 0 Å². The molecule has 3 aromatic rings. The largest absolute Gasteiger partial charge is 0.322 e. The zero-order valence-corrected chi connectivity index (χ0v) is 18.5. The van der Waals surface area contributed by atoms with Gasteiger partial charge < -0.3 is 5.32 Å². The van der Waals surface area contributed by atoms with Crippen LogP contribution in [-0.2, 0) is 22.9 Å². The molecular formula is C22H21ClN2O3S2. The number of rotatable bonds is 5. The molecule has 0 atom stereocenters. The number of halogens is 1. The van der Waals surface area contributed by atoms with Crippen molar-refractivity contribution >= 4 is 49.6 Å². The van der Waals surface area contributed by atoms with Gasteiger partial charge in [0.25, 0.3) is 15.9 Å². The highest BCUT2D eigenvalue weighted by molar-refractivity contribution is 7.93. The standard InChI is InChI=1S/C22H21ClN2O3S2/c23-15-11-13-16(14-12-15)24-21(26)20-18-9-5-2-6-10-19(18)29-22(20)25-30(27,28)17-7-3-1-4-8-17/h1,3-4,7-8,11-14,25H,2,5-6,9-10H2,(H,24,26). The molecule has 8 heteroatoms. The Hall–Kier alpha value is -2.35. The van der Waals surface area contributed by atoms with Crippen molar-refractivity contribution in [2.75, 3.05) is 10.0 Å². The van der Waals surface area contributed by atoms with Crippen LogP contribution in [0.2, 0.25) is 5.02 Å². The van der Waals surface area contributed by atoms with E-state index in [1.807, 2.05) is 0 Å². The summed E-state index contributed by atoms with van der Waals surface area (Å²) >= 11 is 7.30. The molecule has 1 heterocycles. The van der Waals surface area contributed by atoms with Crippen molar-refractivity contribution in [1.82, 2.24) is 0 Å². The summed E-state index contributed by atoms with van der Waals surface area (Å²) in [6.07, 6.45) is 4.74. The summed E-state index contributed by atoms with van der Waals surface area (Å²) in [6, 6.07) is 15.0. The lowest BCUT2D eigenvalue weighted by Gasteiger charge is -2.11. The van der Waals surface area contributed by atoms with Crippen molar-refractivity contribution in [3.63, 3.8) is 0 Å². The minimum absolute atomic E-state index is 0.164. The Morgan fingerprint density at radius 3 is 2.37 bits per heavy atom. The van der Waals surface area contributed by atoms with E-state index < -0.39 is 10.0 Å². The molecule has 0 saturated carbocycles. The fourth-order valence-electron chi connectivity index (χ4n) is 3.56. The van der Waals surface area contributed by atoms with Gasteiger partial charge in [0.1, 0.15) is 5.00 Å². The second-order valence-electron chi connectivity index (χ2n) is 7.15. The third-order valence-electron chi connectivity index (χ3n) is 5.03. The number of carbonyl (C=O) groups excluding carboxylic acids is 1. The van der Waals surface area contributed by atoms with Crippen LogP contribution in [0, 0.1) is 0 Å². The molecule has 2 N–H and O–H groups in total. The van der Waals surface area contributed by atoms with Crippen LogP contribution in [0.15, 0.2) is 59.5 Å². The highest BCUT2D eigenvalue weighted by atomic mass is 35.5. The summed E-state index contributed by atoms with van der Waals surface area (Å²) in [5, 5.41) is 3.83. The predicted molar refractivity (Wildman–Crippen MR) is 122 cm³/mol. The number of fused-ring (bicyclic) bond motifs is 1. The number of thiophene rings is 1. The van der Waals surface area contributed by atoms with Gasteiger partial charge in [0.2, 0.25) is 0 Å². The Balaban J connectivity index is 1.71. The van der Waals surface area contributed by atoms with Gasteiger partial charge >= 0.3 is 0 Å². The molecule has 4 rings (SSSR count). The highest BCUT2D eigenvalue weighted by Gasteiger charge is 2.27. The molecule has 2 aromatic carbocycles. The number of amides is 1. The van der Waals surface area contributed by atoms with Crippen molar-refractivity contribution in [2.45, 2.75) is 37.0 Å². The number of aryl methyl sites for hydroxylation is 1. The maximum absolute atomic E-state index is 13.2. The molecule has 1 aliphatic carbocycles. The third kappa shape index (κ3) is 4.53. The SMILES string of the molecule is O=C(Nc1ccc(Cl)cc1)c1c(NS(=O)(=O)c2ccccc2)sc2c1CCCCC2. The minimum atomic E-state index is -3.79. The first-order valence-corrected chi connectivity index (χ1v) is 12.4. The van der Waals surface area contributed by atoms with Crippen LogP contribution in [0.25, 0.3) is 0 Å². The summed E-state index contributed by atoms with van der Waals surface area (Å²) in [4.78, 5) is 14.5. The molecule has 30 heavy (non-hydrogen) atoms. The fourth-order valence-corrected chi connectivity index (χ4v) is 6.30. The first kappa shape index (κ1) is 20.9. The molecule has 0 unspecified atom stereocenters. The Morgan fingerprint density at radius 1 is 0.933 bits per heavy atom. The number of nitrogens with one attached hydrogen (secondary N) is 2. The summed E-state index contributed by atoms with van der Waals surface area (Å²) < 4.78 is 28.5. The molecule has 0 aliphatic heterocycles. The number of carbonyl (C=O) groups is 1. The van der Waals surface area contributed by atoms with Crippen LogP contribution in [-0.4, -0.2) is 14.3 Å². The van der Waals surface area contributed by atoms with Crippen molar-refractivity contribution in [2.24, 2.45) is 0 Å². The summed E-state index contributed by atoms with van der Waals surface area (Å²) in [7, 11) is -3.79. The lowest BCUT2D eigenvalue weighted by molar-refractivity contribution is 0.102. The maximum atomic E-state index is 13.2. The van der Waals surface area contributed by atoms with E-state index in [0.717, 1.165) is 42.5 Å². The number of anilines is 2. The van der Waals surface area contributed by atoms with Crippen molar-refractivity contribution in [1.29, 1.82) is 0 Å². The zero-order valence-electron chi connectivity index (χ0n) is 16.2. The molecule has 1 aromatic heterocycles. The van der Waals surface area contributed by atoms with Gasteiger partial charge in [-0.1, -0.05) is 36.2 Å². The second kappa shape index (κ2) is 8.79. The fraction of sp³-hybridized carbons (Fsp3) is 0.227. The van der Waals surface area contributed by atoms with E-state index in [9.17, 15) is 13.2 Å². The van der Waals surface area contributed by atoms with Gasteiger partial charge in [-0.05, 0) is 67.6 Å². The number of sulfonamides is 1. The van der Waals surface area contributed by atoms with E-state index in [0.29, 0.717) is 21.3 Å². The molecule has 1 aliphatic rings. The monoisotopic (exact) mass is 460 g/mol. The topological polar surface area (TPSA) is 75.3 Å². The van der Waals surface area contributed by atoms with E-state index in [-0.39, 0.29) is 10.8 Å². The lowest BCUT2D eigenvalue weighted by Crippen LogP contribution is -2.18. The Labute approximate surface area is 185 Å². The average molecular weight is 461 g/mol. The van der Waals surface area contributed by atoms with E-state index in [4.69, 9.17) is 11.6 Å². The van der Waals surface area contributed by atoms with E-state index >= 15 is 0 Å². The van der Waals surface area contributed by atoms with Gasteiger partial charge in [0, 0.05) is 15.6 Å². The average Bonchev–Trinajstić information content (AvgIpc) is 2.90. The van der Waals surface area contributed by atoms with E-state index in [2.05, 4.69) is 10.0 Å². The maximum Gasteiger partial charge on any atom is 0.262 e. The van der Waals surface area contributed by atoms with Crippen LogP contribution in [0.5, 0.6) is 0 Å². The third-order valence-corrected chi connectivity index (χ3v) is 7.99. The van der Waals surface area contributed by atoms with Crippen molar-refractivity contribution in [3.05, 3.63) is 75.6 Å². The first-order valence-electron chi connectivity index (χ1n) is 9.73. The van der Waals surface area contributed by atoms with Gasteiger partial charge in [-0.3, -0.25) is 9.52 Å². The summed E-state index contributed by atoms with van der Waals surface area (Å²) in [5.74, 6) is -0.317. The van der Waals surface area contributed by atoms with Gasteiger partial charge in [0.05, 0.1) is 10.5 Å². The molecule has 0 saturated heterocycles. The number of benzene rings is 2. The number of hydrogen-bond acceptors (Lipinski definition) is 4. The van der Waals surface area contributed by atoms with Crippen LogP contribution >= 0.6 is 22.9 Å². The van der Waals surface area contributed by atoms with Crippen LogP contribution in [0.3, 0.4) is 0 Å². The molecule has 5 nitrogen and oxygen atoms in total. The first-order chi connectivity index (χ1) is 14.4. The van der Waals surface area contributed by atoms with Gasteiger partial charge in [0.15, 0.2) is 0 Å². The smallest absolute Gasteiger partial charge is 0.262 e. The number of hydrogen-bond donors (Lipinski definition) is 2. The van der Waals surface area contributed by atoms with E-state index in [1.54, 1.807) is 42.5 Å². The van der Waals surface area contributed by atoms with Gasteiger partial charge in [-0.25, -0.2) is 8.42 Å². The van der Waals surface area contributed by atoms with Crippen molar-refractivity contribution in [3.8, 4) is 0 Å². The molecular weight excluding hydrogens is 440 g/mol. The van der Waals surface area contributed by atoms with E-state index in [1.165, 1.54) is 23.5 Å². The summed E-state index contributed by atoms with van der Waals surface area (Å²) in [6.45, 7) is 0. The van der Waals surface area contributed by atoms with Crippen molar-refractivity contribution < 1.29 is 13.2 Å². The molecule has 1 amide bonds. The van der Waals surface area contributed by atoms with Crippen LogP contribution in [0.4, 0.5) is 10.7 Å². The summed E-state index contributed by atoms with van der Waals surface area (Å²) in [5.41, 5.74) is 1.98. The molecule has 156 valence electrons. The quantitative estimate of drug-likeness (QED) is 0.478. The molecule has 0 radical (unpaired) electrons. The molecule has 0 fully saturated rings. The predicted octanol–water partition coefficient (Wildman–Crippen LogP) is 5.72. The van der Waals surface area contributed by atoms with Crippen LogP contribution in [0.1, 0.15) is 40.1 Å². The lowest BCUT2D eigenvalue weighted by atomic mass is 10.0. The molecule has 0 spiro atoms. The Bertz CT molecular complexity index is 1160. The highest BCUT2D eigenvalue weighted by Crippen LogP contribution is 2.39. The Kier molecular flexibility index (Phi) is 6.13. The van der Waals surface area contributed by atoms with Crippen LogP contribution < -0.4 is 10.0 Å². The molecule has 0 bridgehead atoms. The second-order valence-corrected chi connectivity index (χ2v) is 10.4. The minimum Gasteiger partial charge on any atom is -0.322 e. The Morgan fingerprint density at radius 2 is 1.63 bits per heavy atom.